The minimum absolute atomic E-state index is 0.00392. The first-order valence-electron chi connectivity index (χ1n) is 13.2. The Hall–Kier alpha value is -3.07. The molecule has 0 aromatic heterocycles. The van der Waals surface area contributed by atoms with Crippen LogP contribution >= 0.6 is 23.2 Å². The summed E-state index contributed by atoms with van der Waals surface area (Å²) in [6.07, 6.45) is 3.93. The Kier molecular flexibility index (Phi) is 9.77. The fourth-order valence-corrected chi connectivity index (χ4v) is 6.58. The van der Waals surface area contributed by atoms with Gasteiger partial charge >= 0.3 is 0 Å². The van der Waals surface area contributed by atoms with Crippen LogP contribution in [0, 0.1) is 6.92 Å². The lowest BCUT2D eigenvalue weighted by atomic mass is 10.1. The molecule has 10 heteroatoms. The quantitative estimate of drug-likeness (QED) is 0.310. The van der Waals surface area contributed by atoms with E-state index in [0.29, 0.717) is 21.3 Å². The number of aryl methyl sites for hydroxylation is 1. The van der Waals surface area contributed by atoms with Gasteiger partial charge in [-0.3, -0.25) is 13.9 Å². The lowest BCUT2D eigenvalue weighted by Gasteiger charge is -2.33. The second-order valence-electron chi connectivity index (χ2n) is 10.1. The number of sulfonamides is 1. The van der Waals surface area contributed by atoms with Crippen molar-refractivity contribution in [2.24, 2.45) is 0 Å². The van der Waals surface area contributed by atoms with Crippen LogP contribution < -0.4 is 9.62 Å². The van der Waals surface area contributed by atoms with Crippen LogP contribution in [0.3, 0.4) is 0 Å². The van der Waals surface area contributed by atoms with E-state index in [-0.39, 0.29) is 23.4 Å². The van der Waals surface area contributed by atoms with Crippen LogP contribution in [-0.4, -0.2) is 43.8 Å². The highest BCUT2D eigenvalue weighted by atomic mass is 35.5. The Labute approximate surface area is 246 Å². The highest BCUT2D eigenvalue weighted by molar-refractivity contribution is 7.92. The Morgan fingerprint density at radius 2 is 1.50 bits per heavy atom. The van der Waals surface area contributed by atoms with Crippen LogP contribution in [0.4, 0.5) is 5.69 Å². The van der Waals surface area contributed by atoms with Gasteiger partial charge in [0.15, 0.2) is 0 Å². The van der Waals surface area contributed by atoms with Crippen LogP contribution in [0.2, 0.25) is 10.0 Å². The molecule has 1 N–H and O–H groups in total. The third kappa shape index (κ3) is 7.16. The third-order valence-electron chi connectivity index (χ3n) is 7.20. The predicted molar refractivity (Wildman–Crippen MR) is 159 cm³/mol. The zero-order chi connectivity index (χ0) is 28.9. The van der Waals surface area contributed by atoms with Crippen molar-refractivity contribution in [1.29, 1.82) is 0 Å². The van der Waals surface area contributed by atoms with E-state index in [2.05, 4.69) is 5.32 Å². The van der Waals surface area contributed by atoms with E-state index in [1.54, 1.807) is 62.4 Å². The first-order chi connectivity index (χ1) is 19.1. The Morgan fingerprint density at radius 3 is 2.10 bits per heavy atom. The standard InChI is InChI=1S/C30H33Cl2N3O4S/c1-21-7-3-6-10-28(21)35(40(38,39)27-17-15-25(32)16-18-27)20-29(36)34(19-23-11-13-24(31)14-12-23)22(2)30(37)33-26-8-4-5-9-26/h3,6-7,10-18,22,26H,4-5,8-9,19-20H2,1-2H3,(H,33,37)/t22-/m0/s1. The van der Waals surface area contributed by atoms with Crippen molar-refractivity contribution in [2.75, 3.05) is 10.8 Å². The summed E-state index contributed by atoms with van der Waals surface area (Å²) < 4.78 is 28.9. The number of nitrogens with zero attached hydrogens (tertiary/aromatic N) is 2. The largest absolute Gasteiger partial charge is 0.352 e. The molecular formula is C30H33Cl2N3O4S. The number of para-hydroxylation sites is 1. The molecule has 1 fully saturated rings. The normalized spacial score (nSPS) is 14.5. The van der Waals surface area contributed by atoms with Gasteiger partial charge in [0, 0.05) is 22.6 Å². The second-order valence-corrected chi connectivity index (χ2v) is 12.8. The maximum Gasteiger partial charge on any atom is 0.264 e. The van der Waals surface area contributed by atoms with Crippen molar-refractivity contribution < 1.29 is 18.0 Å². The van der Waals surface area contributed by atoms with Gasteiger partial charge in [-0.25, -0.2) is 8.42 Å². The molecule has 1 aliphatic carbocycles. The second kappa shape index (κ2) is 13.1. The van der Waals surface area contributed by atoms with E-state index in [0.717, 1.165) is 35.6 Å². The smallest absolute Gasteiger partial charge is 0.264 e. The minimum Gasteiger partial charge on any atom is -0.352 e. The van der Waals surface area contributed by atoms with Crippen molar-refractivity contribution >= 4 is 50.7 Å². The molecule has 40 heavy (non-hydrogen) atoms. The van der Waals surface area contributed by atoms with Crippen molar-refractivity contribution in [3.8, 4) is 0 Å². The maximum atomic E-state index is 14.0. The number of amides is 2. The van der Waals surface area contributed by atoms with Gasteiger partial charge in [-0.15, -0.1) is 0 Å². The number of rotatable bonds is 10. The van der Waals surface area contributed by atoms with E-state index in [1.807, 2.05) is 0 Å². The molecule has 0 radical (unpaired) electrons. The first kappa shape index (κ1) is 29.9. The average Bonchev–Trinajstić information content (AvgIpc) is 3.44. The maximum absolute atomic E-state index is 14.0. The van der Waals surface area contributed by atoms with Crippen molar-refractivity contribution in [1.82, 2.24) is 10.2 Å². The molecule has 0 heterocycles. The van der Waals surface area contributed by atoms with Crippen LogP contribution in [0.25, 0.3) is 0 Å². The zero-order valence-corrected chi connectivity index (χ0v) is 24.8. The van der Waals surface area contributed by atoms with E-state index < -0.39 is 28.5 Å². The van der Waals surface area contributed by atoms with E-state index in [9.17, 15) is 18.0 Å². The number of nitrogens with one attached hydrogen (secondary N) is 1. The highest BCUT2D eigenvalue weighted by Gasteiger charge is 2.33. The summed E-state index contributed by atoms with van der Waals surface area (Å²) in [5, 5.41) is 4.01. The summed E-state index contributed by atoms with van der Waals surface area (Å²) in [4.78, 5) is 28.7. The number of carbonyl (C=O) groups is 2. The minimum atomic E-state index is -4.16. The van der Waals surface area contributed by atoms with Crippen LogP contribution in [0.1, 0.15) is 43.7 Å². The van der Waals surface area contributed by atoms with Gasteiger partial charge in [0.1, 0.15) is 12.6 Å². The molecule has 212 valence electrons. The molecule has 0 bridgehead atoms. The molecule has 4 rings (SSSR count). The van der Waals surface area contributed by atoms with E-state index in [1.165, 1.54) is 29.2 Å². The predicted octanol–water partition coefficient (Wildman–Crippen LogP) is 5.97. The van der Waals surface area contributed by atoms with Gasteiger partial charge in [-0.05, 0) is 80.3 Å². The molecule has 7 nitrogen and oxygen atoms in total. The molecule has 1 saturated carbocycles. The third-order valence-corrected chi connectivity index (χ3v) is 9.48. The molecule has 1 aliphatic rings. The number of hydrogen-bond donors (Lipinski definition) is 1. The SMILES string of the molecule is Cc1ccccc1N(CC(=O)N(Cc1ccc(Cl)cc1)[C@@H](C)C(=O)NC1CCCC1)S(=O)(=O)c1ccc(Cl)cc1. The highest BCUT2D eigenvalue weighted by Crippen LogP contribution is 2.28. The van der Waals surface area contributed by atoms with Crippen LogP contribution in [-0.2, 0) is 26.2 Å². The molecule has 0 aliphatic heterocycles. The van der Waals surface area contributed by atoms with Gasteiger partial charge < -0.3 is 10.2 Å². The number of halogens is 2. The fourth-order valence-electron chi connectivity index (χ4n) is 4.85. The Bertz CT molecular complexity index is 1440. The van der Waals surface area contributed by atoms with Crippen LogP contribution in [0.5, 0.6) is 0 Å². The summed E-state index contributed by atoms with van der Waals surface area (Å²) in [5.41, 5.74) is 1.82. The lowest BCUT2D eigenvalue weighted by Crippen LogP contribution is -2.52. The topological polar surface area (TPSA) is 86.8 Å². The number of carbonyl (C=O) groups excluding carboxylic acids is 2. The van der Waals surface area contributed by atoms with Gasteiger partial charge in [0.2, 0.25) is 11.8 Å². The molecule has 0 saturated heterocycles. The van der Waals surface area contributed by atoms with Gasteiger partial charge in [-0.1, -0.05) is 66.4 Å². The lowest BCUT2D eigenvalue weighted by molar-refractivity contribution is -0.139. The van der Waals surface area contributed by atoms with Crippen molar-refractivity contribution in [2.45, 2.75) is 63.1 Å². The zero-order valence-electron chi connectivity index (χ0n) is 22.5. The van der Waals surface area contributed by atoms with E-state index in [4.69, 9.17) is 23.2 Å². The Balaban J connectivity index is 1.69. The average molecular weight is 603 g/mol. The summed E-state index contributed by atoms with van der Waals surface area (Å²) in [6, 6.07) is 19.0. The summed E-state index contributed by atoms with van der Waals surface area (Å²) >= 11 is 12.1. The number of hydrogen-bond acceptors (Lipinski definition) is 4. The fraction of sp³-hybridized carbons (Fsp3) is 0.333. The van der Waals surface area contributed by atoms with Crippen molar-refractivity contribution in [3.63, 3.8) is 0 Å². The molecule has 3 aromatic carbocycles. The monoisotopic (exact) mass is 601 g/mol. The van der Waals surface area contributed by atoms with Gasteiger partial charge in [0.25, 0.3) is 10.0 Å². The summed E-state index contributed by atoms with van der Waals surface area (Å²) in [6.45, 7) is 3.07. The van der Waals surface area contributed by atoms with Gasteiger partial charge in [0.05, 0.1) is 10.6 Å². The summed E-state index contributed by atoms with van der Waals surface area (Å²) in [5.74, 6) is -0.776. The molecule has 0 spiro atoms. The molecule has 1 atom stereocenters. The number of anilines is 1. The van der Waals surface area contributed by atoms with Crippen LogP contribution in [0.15, 0.2) is 77.7 Å². The number of benzene rings is 3. The summed E-state index contributed by atoms with van der Waals surface area (Å²) in [7, 11) is -4.16. The molecule has 2 amide bonds. The molecule has 0 unspecified atom stereocenters. The Morgan fingerprint density at radius 1 is 0.925 bits per heavy atom. The first-order valence-corrected chi connectivity index (χ1v) is 15.4. The van der Waals surface area contributed by atoms with Gasteiger partial charge in [-0.2, -0.15) is 0 Å². The molecular weight excluding hydrogens is 569 g/mol. The van der Waals surface area contributed by atoms with Crippen molar-refractivity contribution in [3.05, 3.63) is 94.0 Å². The molecule has 3 aromatic rings. The van der Waals surface area contributed by atoms with E-state index >= 15 is 0 Å².